The van der Waals surface area contributed by atoms with Crippen LogP contribution in [0.5, 0.6) is 11.5 Å². The third-order valence-corrected chi connectivity index (χ3v) is 4.70. The molecule has 1 fully saturated rings. The Morgan fingerprint density at radius 3 is 2.79 bits per heavy atom. The number of nitrogens with zero attached hydrogens (tertiary/aromatic N) is 1. The van der Waals surface area contributed by atoms with Gasteiger partial charge in [0.2, 0.25) is 0 Å². The molecule has 0 saturated carbocycles. The van der Waals surface area contributed by atoms with Gasteiger partial charge in [-0.1, -0.05) is 24.3 Å². The van der Waals surface area contributed by atoms with Crippen LogP contribution < -0.4 is 20.5 Å². The smallest absolute Gasteiger partial charge is 0.188 e. The molecule has 6 nitrogen and oxygen atoms in total. The molecule has 0 aromatic heterocycles. The molecular weight excluding hydrogens is 354 g/mol. The first kappa shape index (κ1) is 20.0. The Kier molecular flexibility index (Phi) is 7.14. The van der Waals surface area contributed by atoms with E-state index in [0.29, 0.717) is 19.1 Å². The van der Waals surface area contributed by atoms with Crippen LogP contribution >= 0.6 is 0 Å². The molecule has 1 aliphatic rings. The van der Waals surface area contributed by atoms with Crippen molar-refractivity contribution in [2.24, 2.45) is 10.7 Å². The number of rotatable bonds is 8. The second-order valence-electron chi connectivity index (χ2n) is 6.94. The number of benzene rings is 2. The van der Waals surface area contributed by atoms with Crippen molar-refractivity contribution >= 4 is 5.96 Å². The summed E-state index contributed by atoms with van der Waals surface area (Å²) >= 11 is 0. The van der Waals surface area contributed by atoms with E-state index < -0.39 is 0 Å². The van der Waals surface area contributed by atoms with Gasteiger partial charge < -0.3 is 25.3 Å². The zero-order valence-corrected chi connectivity index (χ0v) is 16.6. The number of hydrogen-bond donors (Lipinski definition) is 2. The normalized spacial score (nSPS) is 16.8. The monoisotopic (exact) mass is 383 g/mol. The lowest BCUT2D eigenvalue weighted by Crippen LogP contribution is -2.33. The van der Waals surface area contributed by atoms with Crippen molar-refractivity contribution in [2.75, 3.05) is 26.9 Å². The van der Waals surface area contributed by atoms with Crippen LogP contribution in [0.15, 0.2) is 47.5 Å². The largest absolute Gasteiger partial charge is 0.497 e. The van der Waals surface area contributed by atoms with Gasteiger partial charge in [0.1, 0.15) is 17.6 Å². The maximum atomic E-state index is 6.11. The molecule has 0 spiro atoms. The maximum Gasteiger partial charge on any atom is 0.188 e. The highest BCUT2D eigenvalue weighted by atomic mass is 16.5. The molecule has 3 rings (SSSR count). The fourth-order valence-corrected chi connectivity index (χ4v) is 3.04. The molecule has 0 aliphatic carbocycles. The first-order valence-corrected chi connectivity index (χ1v) is 9.64. The average molecular weight is 383 g/mol. The third kappa shape index (κ3) is 5.89. The zero-order chi connectivity index (χ0) is 19.8. The molecule has 2 aromatic rings. The van der Waals surface area contributed by atoms with Crippen LogP contribution in [0.25, 0.3) is 0 Å². The summed E-state index contributed by atoms with van der Waals surface area (Å²) in [7, 11) is 1.67. The number of guanidine groups is 1. The van der Waals surface area contributed by atoms with Crippen molar-refractivity contribution in [1.82, 2.24) is 5.32 Å². The predicted molar refractivity (Wildman–Crippen MR) is 111 cm³/mol. The van der Waals surface area contributed by atoms with E-state index in [1.54, 1.807) is 7.11 Å². The summed E-state index contributed by atoms with van der Waals surface area (Å²) in [4.78, 5) is 4.47. The Hall–Kier alpha value is -2.73. The van der Waals surface area contributed by atoms with Gasteiger partial charge in [-0.3, -0.25) is 0 Å². The number of methoxy groups -OCH3 is 1. The topological polar surface area (TPSA) is 78.1 Å². The van der Waals surface area contributed by atoms with E-state index in [2.05, 4.69) is 47.6 Å². The second-order valence-corrected chi connectivity index (χ2v) is 6.94. The standard InChI is InChI=1S/C22H29N3O3/c1-16-3-6-18(21(13-16)28-20-10-12-27-15-20)14-25-22(23)24-11-9-17-4-7-19(26-2)8-5-17/h3-8,13,20H,9-12,14-15H2,1-2H3,(H3,23,24,25). The highest BCUT2D eigenvalue weighted by Crippen LogP contribution is 2.24. The number of nitrogens with one attached hydrogen (secondary N) is 1. The summed E-state index contributed by atoms with van der Waals surface area (Å²) in [5.41, 5.74) is 9.43. The fraction of sp³-hybridized carbons (Fsp3) is 0.409. The van der Waals surface area contributed by atoms with E-state index in [4.69, 9.17) is 19.9 Å². The van der Waals surface area contributed by atoms with E-state index in [9.17, 15) is 0 Å². The first-order valence-electron chi connectivity index (χ1n) is 9.64. The predicted octanol–water partition coefficient (Wildman–Crippen LogP) is 2.82. The van der Waals surface area contributed by atoms with Gasteiger partial charge in [0.25, 0.3) is 0 Å². The van der Waals surface area contributed by atoms with E-state index in [-0.39, 0.29) is 6.10 Å². The lowest BCUT2D eigenvalue weighted by Gasteiger charge is -2.16. The minimum absolute atomic E-state index is 0.115. The molecule has 1 saturated heterocycles. The third-order valence-electron chi connectivity index (χ3n) is 4.70. The van der Waals surface area contributed by atoms with Gasteiger partial charge in [0.05, 0.1) is 26.9 Å². The lowest BCUT2D eigenvalue weighted by molar-refractivity contribution is 0.140. The Labute approximate surface area is 166 Å². The van der Waals surface area contributed by atoms with Crippen LogP contribution in [0.3, 0.4) is 0 Å². The molecule has 1 aliphatic heterocycles. The molecule has 28 heavy (non-hydrogen) atoms. The Morgan fingerprint density at radius 2 is 2.07 bits per heavy atom. The number of ether oxygens (including phenoxy) is 3. The van der Waals surface area contributed by atoms with E-state index in [1.807, 2.05) is 12.1 Å². The highest BCUT2D eigenvalue weighted by molar-refractivity contribution is 5.77. The van der Waals surface area contributed by atoms with E-state index in [0.717, 1.165) is 48.6 Å². The van der Waals surface area contributed by atoms with Gasteiger partial charge in [-0.05, 0) is 42.7 Å². The molecule has 0 bridgehead atoms. The van der Waals surface area contributed by atoms with Crippen molar-refractivity contribution in [3.8, 4) is 11.5 Å². The molecule has 6 heteroatoms. The van der Waals surface area contributed by atoms with Gasteiger partial charge in [0, 0.05) is 18.5 Å². The van der Waals surface area contributed by atoms with Crippen molar-refractivity contribution in [1.29, 1.82) is 0 Å². The quantitative estimate of drug-likeness (QED) is 0.541. The summed E-state index contributed by atoms with van der Waals surface area (Å²) in [6.45, 7) is 4.66. The summed E-state index contributed by atoms with van der Waals surface area (Å²) < 4.78 is 16.7. The SMILES string of the molecule is COc1ccc(CCNC(N)=NCc2ccc(C)cc2OC2CCOC2)cc1. The molecule has 3 N–H and O–H groups in total. The first-order chi connectivity index (χ1) is 13.6. The van der Waals surface area contributed by atoms with Gasteiger partial charge in [-0.15, -0.1) is 0 Å². The minimum atomic E-state index is 0.115. The van der Waals surface area contributed by atoms with Gasteiger partial charge in [-0.2, -0.15) is 0 Å². The fourth-order valence-electron chi connectivity index (χ4n) is 3.04. The van der Waals surface area contributed by atoms with Crippen LogP contribution in [0.1, 0.15) is 23.1 Å². The van der Waals surface area contributed by atoms with Gasteiger partial charge >= 0.3 is 0 Å². The Bertz CT molecular complexity index is 784. The van der Waals surface area contributed by atoms with Gasteiger partial charge in [-0.25, -0.2) is 4.99 Å². The van der Waals surface area contributed by atoms with Crippen LogP contribution in [-0.2, 0) is 17.7 Å². The highest BCUT2D eigenvalue weighted by Gasteiger charge is 2.18. The molecule has 1 unspecified atom stereocenters. The van der Waals surface area contributed by atoms with E-state index in [1.165, 1.54) is 5.56 Å². The summed E-state index contributed by atoms with van der Waals surface area (Å²) in [5.74, 6) is 2.16. The van der Waals surface area contributed by atoms with Crippen LogP contribution in [-0.4, -0.2) is 38.9 Å². The zero-order valence-electron chi connectivity index (χ0n) is 16.6. The summed E-state index contributed by atoms with van der Waals surface area (Å²) in [6.07, 6.45) is 1.90. The van der Waals surface area contributed by atoms with E-state index >= 15 is 0 Å². The summed E-state index contributed by atoms with van der Waals surface area (Å²) in [6, 6.07) is 14.2. The van der Waals surface area contributed by atoms with Crippen molar-refractivity contribution in [2.45, 2.75) is 32.4 Å². The molecule has 0 radical (unpaired) electrons. The number of aryl methyl sites for hydroxylation is 1. The van der Waals surface area contributed by atoms with Crippen LogP contribution in [0.2, 0.25) is 0 Å². The number of nitrogens with two attached hydrogens (primary N) is 1. The van der Waals surface area contributed by atoms with Gasteiger partial charge in [0.15, 0.2) is 5.96 Å². The van der Waals surface area contributed by atoms with Crippen LogP contribution in [0, 0.1) is 6.92 Å². The van der Waals surface area contributed by atoms with Crippen LogP contribution in [0.4, 0.5) is 0 Å². The lowest BCUT2D eigenvalue weighted by atomic mass is 10.1. The van der Waals surface area contributed by atoms with Crippen molar-refractivity contribution in [3.63, 3.8) is 0 Å². The summed E-state index contributed by atoms with van der Waals surface area (Å²) in [5, 5.41) is 3.17. The molecule has 1 heterocycles. The average Bonchev–Trinajstić information content (AvgIpc) is 3.21. The molecule has 1 atom stereocenters. The van der Waals surface area contributed by atoms with Crippen molar-refractivity contribution in [3.05, 3.63) is 59.2 Å². The minimum Gasteiger partial charge on any atom is -0.497 e. The number of aliphatic imine (C=N–C) groups is 1. The molecule has 150 valence electrons. The number of hydrogen-bond acceptors (Lipinski definition) is 4. The van der Waals surface area contributed by atoms with Crippen molar-refractivity contribution < 1.29 is 14.2 Å². The second kappa shape index (κ2) is 9.99. The Morgan fingerprint density at radius 1 is 1.25 bits per heavy atom. The maximum absolute atomic E-state index is 6.11. The molecule has 2 aromatic carbocycles. The molecule has 0 amide bonds. The Balaban J connectivity index is 1.52. The molecular formula is C22H29N3O3.